The lowest BCUT2D eigenvalue weighted by molar-refractivity contribution is -0.152. The van der Waals surface area contributed by atoms with Gasteiger partial charge in [0.15, 0.2) is 11.5 Å². The molecule has 0 atom stereocenters. The highest BCUT2D eigenvalue weighted by Crippen LogP contribution is 2.44. The first-order valence-electron chi connectivity index (χ1n) is 13.6. The summed E-state index contributed by atoms with van der Waals surface area (Å²) in [5, 5.41) is 13.4. The van der Waals surface area contributed by atoms with E-state index in [-0.39, 0.29) is 47.8 Å². The van der Waals surface area contributed by atoms with Crippen LogP contribution in [0.2, 0.25) is 10.0 Å². The molecule has 0 spiro atoms. The van der Waals surface area contributed by atoms with E-state index >= 15 is 0 Å². The van der Waals surface area contributed by atoms with E-state index in [1.807, 2.05) is 20.8 Å². The monoisotopic (exact) mass is 618 g/mol. The number of carboxylic acid groups (broad SMARTS) is 1. The molecule has 0 aliphatic heterocycles. The fourth-order valence-electron chi connectivity index (χ4n) is 5.57. The number of hydrogen-bond donors (Lipinski definition) is 1. The Morgan fingerprint density at radius 3 is 2.05 bits per heavy atom. The highest BCUT2D eigenvalue weighted by Gasteiger charge is 2.45. The van der Waals surface area contributed by atoms with E-state index in [2.05, 4.69) is 10.1 Å². The summed E-state index contributed by atoms with van der Waals surface area (Å²) in [5.74, 6) is -2.61. The van der Waals surface area contributed by atoms with E-state index in [1.54, 1.807) is 6.92 Å². The molecule has 0 saturated heterocycles. The molecule has 13 heteroatoms. The van der Waals surface area contributed by atoms with Crippen LogP contribution in [0.3, 0.4) is 0 Å². The third-order valence-corrected chi connectivity index (χ3v) is 9.32. The Morgan fingerprint density at radius 1 is 1.05 bits per heavy atom. The van der Waals surface area contributed by atoms with Crippen molar-refractivity contribution in [2.45, 2.75) is 84.9 Å². The standard InChI is InChI=1S/C28H35Cl2F3N4O4/c1-5-27(6-2,7-3)16-36(15-21(38)22-19(29)13-34-14-20(22)30)24(39)18-12-35-37(23(18)28(31,32)33)17-8-10-26(4,11-9-17)25(40)41/h12-14,17H,5-11,15-16H2,1-4H3,(H,40,41). The zero-order valence-electron chi connectivity index (χ0n) is 23.5. The van der Waals surface area contributed by atoms with Gasteiger partial charge in [0.25, 0.3) is 5.91 Å². The van der Waals surface area contributed by atoms with Crippen molar-refractivity contribution in [1.29, 1.82) is 0 Å². The molecule has 8 nitrogen and oxygen atoms in total. The van der Waals surface area contributed by atoms with Crippen LogP contribution in [0, 0.1) is 10.8 Å². The fraction of sp³-hybridized carbons (Fsp3) is 0.607. The van der Waals surface area contributed by atoms with E-state index in [9.17, 15) is 32.7 Å². The number of carbonyl (C=O) groups is 3. The topological polar surface area (TPSA) is 105 Å². The van der Waals surface area contributed by atoms with Crippen molar-refractivity contribution in [3.63, 3.8) is 0 Å². The molecular formula is C28H35Cl2F3N4O4. The van der Waals surface area contributed by atoms with Gasteiger partial charge < -0.3 is 10.0 Å². The summed E-state index contributed by atoms with van der Waals surface area (Å²) in [4.78, 5) is 43.9. The number of halogens is 5. The number of alkyl halides is 3. The highest BCUT2D eigenvalue weighted by atomic mass is 35.5. The lowest BCUT2D eigenvalue weighted by atomic mass is 9.74. The Bertz CT molecular complexity index is 1260. The lowest BCUT2D eigenvalue weighted by Crippen LogP contribution is -2.44. The predicted octanol–water partition coefficient (Wildman–Crippen LogP) is 7.35. The molecule has 3 rings (SSSR count). The number of nitrogens with zero attached hydrogens (tertiary/aromatic N) is 4. The molecule has 1 amide bonds. The number of Topliss-reactive ketones (excluding diaryl/α,β-unsaturated/α-hetero) is 1. The molecule has 226 valence electrons. The van der Waals surface area contributed by atoms with Gasteiger partial charge in [0, 0.05) is 18.9 Å². The Hall–Kier alpha value is -2.66. The van der Waals surface area contributed by atoms with Crippen molar-refractivity contribution >= 4 is 40.9 Å². The van der Waals surface area contributed by atoms with Crippen LogP contribution >= 0.6 is 23.2 Å². The van der Waals surface area contributed by atoms with E-state index in [1.165, 1.54) is 12.4 Å². The van der Waals surface area contributed by atoms with Gasteiger partial charge in [0.2, 0.25) is 0 Å². The van der Waals surface area contributed by atoms with Crippen LogP contribution in [0.4, 0.5) is 13.2 Å². The first kappa shape index (κ1) is 32.8. The van der Waals surface area contributed by atoms with Crippen LogP contribution in [0.15, 0.2) is 18.6 Å². The van der Waals surface area contributed by atoms with Crippen molar-refractivity contribution in [3.05, 3.63) is 45.5 Å². The average molecular weight is 620 g/mol. The summed E-state index contributed by atoms with van der Waals surface area (Å²) >= 11 is 12.3. The number of rotatable bonds is 11. The number of pyridine rings is 1. The molecule has 1 N–H and O–H groups in total. The molecule has 1 aliphatic rings. The number of carboxylic acids is 1. The van der Waals surface area contributed by atoms with Gasteiger partial charge in [-0.25, -0.2) is 0 Å². The highest BCUT2D eigenvalue weighted by molar-refractivity contribution is 6.39. The van der Waals surface area contributed by atoms with Crippen molar-refractivity contribution in [3.8, 4) is 0 Å². The van der Waals surface area contributed by atoms with Crippen LogP contribution in [0.5, 0.6) is 0 Å². The Balaban J connectivity index is 2.04. The van der Waals surface area contributed by atoms with Gasteiger partial charge in [-0.15, -0.1) is 0 Å². The second-order valence-electron chi connectivity index (χ2n) is 11.1. The van der Waals surface area contributed by atoms with Gasteiger partial charge in [0.1, 0.15) is 0 Å². The van der Waals surface area contributed by atoms with E-state index in [0.29, 0.717) is 19.3 Å². The van der Waals surface area contributed by atoms with E-state index in [4.69, 9.17) is 23.2 Å². The SMILES string of the molecule is CCC(CC)(CC)CN(CC(=O)c1c(Cl)cncc1Cl)C(=O)c1cnn(C2CCC(C)(C(=O)O)CC2)c1C(F)(F)F. The van der Waals surface area contributed by atoms with Crippen molar-refractivity contribution in [1.82, 2.24) is 19.7 Å². The lowest BCUT2D eigenvalue weighted by Gasteiger charge is -2.37. The molecule has 41 heavy (non-hydrogen) atoms. The number of ketones is 1. The molecule has 2 heterocycles. The summed E-state index contributed by atoms with van der Waals surface area (Å²) in [7, 11) is 0. The maximum Gasteiger partial charge on any atom is 0.433 e. The zero-order chi connectivity index (χ0) is 30.8. The molecule has 1 aliphatic carbocycles. The van der Waals surface area contributed by atoms with Gasteiger partial charge in [0.05, 0.1) is 45.4 Å². The van der Waals surface area contributed by atoms with Crippen molar-refractivity contribution in [2.24, 2.45) is 10.8 Å². The third-order valence-electron chi connectivity index (χ3n) is 8.75. The predicted molar refractivity (Wildman–Crippen MR) is 148 cm³/mol. The molecule has 2 aromatic rings. The summed E-state index contributed by atoms with van der Waals surface area (Å²) in [6, 6.07) is -0.730. The van der Waals surface area contributed by atoms with Crippen LogP contribution in [0.1, 0.15) is 105 Å². The molecule has 1 saturated carbocycles. The zero-order valence-corrected chi connectivity index (χ0v) is 25.0. The Morgan fingerprint density at radius 2 is 1.59 bits per heavy atom. The minimum absolute atomic E-state index is 0.0305. The molecule has 0 radical (unpaired) electrons. The fourth-order valence-corrected chi connectivity index (χ4v) is 6.14. The van der Waals surface area contributed by atoms with Gasteiger partial charge in [-0.3, -0.25) is 24.0 Å². The normalized spacial score (nSPS) is 19.7. The average Bonchev–Trinajstić information content (AvgIpc) is 3.37. The first-order valence-corrected chi connectivity index (χ1v) is 14.4. The van der Waals surface area contributed by atoms with Gasteiger partial charge in [-0.05, 0) is 57.3 Å². The van der Waals surface area contributed by atoms with Crippen LogP contribution in [-0.4, -0.2) is 55.5 Å². The van der Waals surface area contributed by atoms with Crippen LogP contribution in [0.25, 0.3) is 0 Å². The number of aromatic nitrogens is 3. The number of hydrogen-bond acceptors (Lipinski definition) is 5. The molecular weight excluding hydrogens is 584 g/mol. The summed E-state index contributed by atoms with van der Waals surface area (Å²) in [6.45, 7) is 6.85. The van der Waals surface area contributed by atoms with Crippen LogP contribution in [-0.2, 0) is 11.0 Å². The van der Waals surface area contributed by atoms with E-state index < -0.39 is 58.5 Å². The second-order valence-corrected chi connectivity index (χ2v) is 11.9. The molecule has 1 fully saturated rings. The number of amides is 1. The maximum absolute atomic E-state index is 14.5. The minimum Gasteiger partial charge on any atom is -0.481 e. The van der Waals surface area contributed by atoms with Crippen molar-refractivity contribution < 1.29 is 32.7 Å². The smallest absolute Gasteiger partial charge is 0.433 e. The van der Waals surface area contributed by atoms with Gasteiger partial charge in [-0.1, -0.05) is 44.0 Å². The molecule has 0 bridgehead atoms. The molecule has 0 aromatic carbocycles. The Kier molecular flexibility index (Phi) is 10.2. The quantitative estimate of drug-likeness (QED) is 0.264. The maximum atomic E-state index is 14.5. The number of aliphatic carboxylic acids is 1. The molecule has 2 aromatic heterocycles. The second kappa shape index (κ2) is 12.7. The van der Waals surface area contributed by atoms with E-state index in [0.717, 1.165) is 15.8 Å². The first-order chi connectivity index (χ1) is 19.1. The number of carbonyl (C=O) groups excluding carboxylic acids is 2. The van der Waals surface area contributed by atoms with Gasteiger partial charge in [-0.2, -0.15) is 18.3 Å². The third kappa shape index (κ3) is 6.88. The molecule has 0 unspecified atom stereocenters. The largest absolute Gasteiger partial charge is 0.481 e. The van der Waals surface area contributed by atoms with Gasteiger partial charge >= 0.3 is 12.1 Å². The minimum atomic E-state index is -4.93. The summed E-state index contributed by atoms with van der Waals surface area (Å²) in [5.41, 5.74) is -3.41. The van der Waals surface area contributed by atoms with Crippen molar-refractivity contribution in [2.75, 3.05) is 13.1 Å². The van der Waals surface area contributed by atoms with Crippen LogP contribution < -0.4 is 0 Å². The Labute approximate surface area is 247 Å². The summed E-state index contributed by atoms with van der Waals surface area (Å²) in [6.07, 6.45) is 0.977. The summed E-state index contributed by atoms with van der Waals surface area (Å²) < 4.78 is 44.4.